The first kappa shape index (κ1) is 10.1. The first-order valence-corrected chi connectivity index (χ1v) is 5.27. The van der Waals surface area contributed by atoms with Gasteiger partial charge in [0, 0.05) is 12.3 Å². The molecule has 0 aromatic heterocycles. The fraction of sp³-hybridized carbons (Fsp3) is 1.00. The van der Waals surface area contributed by atoms with Crippen LogP contribution in [0.1, 0.15) is 6.42 Å². The lowest BCUT2D eigenvalue weighted by Gasteiger charge is -2.07. The van der Waals surface area contributed by atoms with Gasteiger partial charge in [0.15, 0.2) is 0 Å². The standard InChI is InChI=1S/C5H14NO3P/c6-2-1-4-10(8,9)5-3-7/h7H,1-6H2,(H,8,9). The maximum Gasteiger partial charge on any atom is 0.202 e. The van der Waals surface area contributed by atoms with Crippen molar-refractivity contribution in [3.8, 4) is 0 Å². The van der Waals surface area contributed by atoms with Gasteiger partial charge in [0.05, 0.1) is 6.61 Å². The summed E-state index contributed by atoms with van der Waals surface area (Å²) in [6.45, 7) is 0.203. The van der Waals surface area contributed by atoms with E-state index in [1.807, 2.05) is 0 Å². The third kappa shape index (κ3) is 4.94. The second-order valence-corrected chi connectivity index (χ2v) is 4.75. The predicted octanol–water partition coefficient (Wildman–Crippen LogP) is -0.402. The van der Waals surface area contributed by atoms with Crippen LogP contribution < -0.4 is 5.73 Å². The van der Waals surface area contributed by atoms with Crippen LogP contribution >= 0.6 is 7.37 Å². The van der Waals surface area contributed by atoms with Crippen LogP contribution in [0.15, 0.2) is 0 Å². The van der Waals surface area contributed by atoms with Crippen LogP contribution in [0.3, 0.4) is 0 Å². The maximum atomic E-state index is 10.9. The molecule has 0 aliphatic heterocycles. The summed E-state index contributed by atoms with van der Waals surface area (Å²) < 4.78 is 10.9. The smallest absolute Gasteiger partial charge is 0.202 e. The average Bonchev–Trinajstić information content (AvgIpc) is 1.84. The molecule has 0 aliphatic carbocycles. The molecule has 5 heteroatoms. The van der Waals surface area contributed by atoms with Crippen molar-refractivity contribution in [1.29, 1.82) is 0 Å². The van der Waals surface area contributed by atoms with Gasteiger partial charge in [0.25, 0.3) is 0 Å². The summed E-state index contributed by atoms with van der Waals surface area (Å²) >= 11 is 0. The van der Waals surface area contributed by atoms with Crippen molar-refractivity contribution >= 4 is 7.37 Å². The largest absolute Gasteiger partial charge is 0.396 e. The Labute approximate surface area is 60.5 Å². The molecule has 0 aromatic carbocycles. The summed E-state index contributed by atoms with van der Waals surface area (Å²) in [6, 6.07) is 0. The van der Waals surface area contributed by atoms with Crippen LogP contribution in [0.2, 0.25) is 0 Å². The van der Waals surface area contributed by atoms with Crippen LogP contribution in [-0.4, -0.2) is 35.5 Å². The summed E-state index contributed by atoms with van der Waals surface area (Å²) in [5.74, 6) is 0. The second-order valence-electron chi connectivity index (χ2n) is 2.16. The minimum absolute atomic E-state index is 0.00694. The highest BCUT2D eigenvalue weighted by Gasteiger charge is 2.15. The van der Waals surface area contributed by atoms with Crippen molar-refractivity contribution in [1.82, 2.24) is 0 Å². The first-order chi connectivity index (χ1) is 4.62. The summed E-state index contributed by atoms with van der Waals surface area (Å²) in [4.78, 5) is 8.99. The number of hydrogen-bond acceptors (Lipinski definition) is 3. The van der Waals surface area contributed by atoms with Crippen LogP contribution in [-0.2, 0) is 4.57 Å². The Hall–Kier alpha value is 0.110. The average molecular weight is 167 g/mol. The number of hydrogen-bond donors (Lipinski definition) is 3. The van der Waals surface area contributed by atoms with Gasteiger partial charge in [-0.25, -0.2) is 0 Å². The van der Waals surface area contributed by atoms with E-state index in [1.54, 1.807) is 0 Å². The molecule has 0 saturated heterocycles. The lowest BCUT2D eigenvalue weighted by Crippen LogP contribution is -2.05. The molecule has 0 bridgehead atoms. The van der Waals surface area contributed by atoms with Crippen LogP contribution in [0.5, 0.6) is 0 Å². The maximum absolute atomic E-state index is 10.9. The number of nitrogens with two attached hydrogens (primary N) is 1. The SMILES string of the molecule is NCCCP(=O)(O)CCO. The van der Waals surface area contributed by atoms with Gasteiger partial charge >= 0.3 is 0 Å². The van der Waals surface area contributed by atoms with Crippen molar-refractivity contribution in [2.45, 2.75) is 6.42 Å². The second kappa shape index (κ2) is 4.85. The predicted molar refractivity (Wildman–Crippen MR) is 40.3 cm³/mol. The molecule has 0 fully saturated rings. The van der Waals surface area contributed by atoms with E-state index in [9.17, 15) is 4.57 Å². The van der Waals surface area contributed by atoms with Crippen molar-refractivity contribution in [2.24, 2.45) is 5.73 Å². The van der Waals surface area contributed by atoms with Gasteiger partial charge in [0.1, 0.15) is 0 Å². The van der Waals surface area contributed by atoms with Gasteiger partial charge in [-0.3, -0.25) is 4.57 Å². The van der Waals surface area contributed by atoms with E-state index in [1.165, 1.54) is 0 Å². The van der Waals surface area contributed by atoms with Gasteiger partial charge in [-0.05, 0) is 13.0 Å². The molecule has 10 heavy (non-hydrogen) atoms. The molecule has 0 amide bonds. The first-order valence-electron chi connectivity index (χ1n) is 3.24. The van der Waals surface area contributed by atoms with Crippen molar-refractivity contribution < 1.29 is 14.6 Å². The third-order valence-corrected chi connectivity index (χ3v) is 3.07. The van der Waals surface area contributed by atoms with Gasteiger partial charge in [0.2, 0.25) is 7.37 Å². The van der Waals surface area contributed by atoms with E-state index in [0.717, 1.165) is 0 Å². The fourth-order valence-electron chi connectivity index (χ4n) is 0.606. The molecule has 4 nitrogen and oxygen atoms in total. The molecule has 1 unspecified atom stereocenters. The highest BCUT2D eigenvalue weighted by Crippen LogP contribution is 2.39. The number of rotatable bonds is 5. The monoisotopic (exact) mass is 167 g/mol. The molecular weight excluding hydrogens is 153 g/mol. The molecular formula is C5H14NO3P. The molecule has 0 aliphatic rings. The Morgan fingerprint density at radius 1 is 1.40 bits per heavy atom. The highest BCUT2D eigenvalue weighted by atomic mass is 31.2. The highest BCUT2D eigenvalue weighted by molar-refractivity contribution is 7.58. The molecule has 0 spiro atoms. The van der Waals surface area contributed by atoms with E-state index in [-0.39, 0.29) is 18.9 Å². The van der Waals surface area contributed by atoms with E-state index in [4.69, 9.17) is 15.7 Å². The van der Waals surface area contributed by atoms with Gasteiger partial charge in [-0.15, -0.1) is 0 Å². The Morgan fingerprint density at radius 2 is 2.00 bits per heavy atom. The van der Waals surface area contributed by atoms with Gasteiger partial charge in [-0.1, -0.05) is 0 Å². The lowest BCUT2D eigenvalue weighted by molar-refractivity contribution is 0.314. The van der Waals surface area contributed by atoms with Gasteiger partial charge in [-0.2, -0.15) is 0 Å². The van der Waals surface area contributed by atoms with E-state index in [0.29, 0.717) is 13.0 Å². The molecule has 0 rings (SSSR count). The molecule has 0 aromatic rings. The normalized spacial score (nSPS) is 16.7. The minimum Gasteiger partial charge on any atom is -0.396 e. The zero-order valence-electron chi connectivity index (χ0n) is 5.86. The van der Waals surface area contributed by atoms with Crippen molar-refractivity contribution in [3.05, 3.63) is 0 Å². The van der Waals surface area contributed by atoms with E-state index < -0.39 is 7.37 Å². The van der Waals surface area contributed by atoms with Crippen LogP contribution in [0.4, 0.5) is 0 Å². The summed E-state index contributed by atoms with van der Waals surface area (Å²) in [5, 5.41) is 8.34. The summed E-state index contributed by atoms with van der Waals surface area (Å²) in [5.41, 5.74) is 5.14. The molecule has 0 radical (unpaired) electrons. The Balaban J connectivity index is 3.53. The molecule has 0 heterocycles. The Morgan fingerprint density at radius 3 is 2.40 bits per heavy atom. The zero-order valence-corrected chi connectivity index (χ0v) is 6.76. The third-order valence-electron chi connectivity index (χ3n) is 1.16. The minimum atomic E-state index is -3.04. The van der Waals surface area contributed by atoms with Crippen molar-refractivity contribution in [3.63, 3.8) is 0 Å². The van der Waals surface area contributed by atoms with Gasteiger partial charge < -0.3 is 15.7 Å². The topological polar surface area (TPSA) is 83.6 Å². The van der Waals surface area contributed by atoms with E-state index in [2.05, 4.69) is 0 Å². The van der Waals surface area contributed by atoms with Crippen LogP contribution in [0.25, 0.3) is 0 Å². The molecule has 0 saturated carbocycles. The van der Waals surface area contributed by atoms with Crippen LogP contribution in [0, 0.1) is 0 Å². The Bertz CT molecular complexity index is 128. The fourth-order valence-corrected chi connectivity index (χ4v) is 1.82. The quantitative estimate of drug-likeness (QED) is 0.486. The molecule has 4 N–H and O–H groups in total. The molecule has 62 valence electrons. The number of aliphatic hydroxyl groups excluding tert-OH is 1. The summed E-state index contributed by atoms with van der Waals surface area (Å²) in [6.07, 6.45) is 0.769. The van der Waals surface area contributed by atoms with E-state index >= 15 is 0 Å². The van der Waals surface area contributed by atoms with Crippen molar-refractivity contribution in [2.75, 3.05) is 25.5 Å². The zero-order chi connectivity index (χ0) is 8.04. The molecule has 1 atom stereocenters. The lowest BCUT2D eigenvalue weighted by atomic mass is 10.5. The Kier molecular flexibility index (Phi) is 4.91. The summed E-state index contributed by atoms with van der Waals surface area (Å²) in [7, 11) is -3.04. The number of aliphatic hydroxyl groups is 1.